The lowest BCUT2D eigenvalue weighted by Crippen LogP contribution is -2.15. The van der Waals surface area contributed by atoms with E-state index in [0.717, 1.165) is 6.08 Å². The molecule has 0 amide bonds. The molecule has 0 saturated carbocycles. The van der Waals surface area contributed by atoms with Gasteiger partial charge in [0.1, 0.15) is 18.1 Å². The molecule has 0 aliphatic heterocycles. The Morgan fingerprint density at radius 1 is 1.38 bits per heavy atom. The van der Waals surface area contributed by atoms with E-state index in [0.29, 0.717) is 17.1 Å². The number of hydrogen-bond acceptors (Lipinski definition) is 5. The number of aliphatic carboxylic acids is 1. The first-order chi connectivity index (χ1) is 9.88. The number of hydrogen-bond donors (Lipinski definition) is 1. The summed E-state index contributed by atoms with van der Waals surface area (Å²) in [7, 11) is -1.61. The highest BCUT2D eigenvalue weighted by Crippen LogP contribution is 2.25. The maximum atomic E-state index is 11.4. The Labute approximate surface area is 123 Å². The SMILES string of the molecule is CCS(=O)(=O)CCOc1ccc(OC)cc1/C=C/C(=O)O. The molecule has 116 valence electrons. The molecule has 0 spiro atoms. The first-order valence-electron chi connectivity index (χ1n) is 6.30. The zero-order chi connectivity index (χ0) is 15.9. The molecule has 0 fully saturated rings. The molecule has 0 aromatic heterocycles. The first-order valence-corrected chi connectivity index (χ1v) is 8.12. The van der Waals surface area contributed by atoms with E-state index in [-0.39, 0.29) is 18.1 Å². The number of carboxylic acid groups (broad SMARTS) is 1. The van der Waals surface area contributed by atoms with Crippen LogP contribution in [0, 0.1) is 0 Å². The van der Waals surface area contributed by atoms with E-state index in [1.54, 1.807) is 25.1 Å². The van der Waals surface area contributed by atoms with Crippen molar-refractivity contribution in [1.82, 2.24) is 0 Å². The summed E-state index contributed by atoms with van der Waals surface area (Å²) in [5, 5.41) is 8.67. The largest absolute Gasteiger partial charge is 0.497 e. The summed E-state index contributed by atoms with van der Waals surface area (Å²) in [4.78, 5) is 10.6. The minimum Gasteiger partial charge on any atom is -0.497 e. The van der Waals surface area contributed by atoms with E-state index >= 15 is 0 Å². The molecule has 0 heterocycles. The van der Waals surface area contributed by atoms with Crippen LogP contribution < -0.4 is 9.47 Å². The van der Waals surface area contributed by atoms with Gasteiger partial charge in [0.25, 0.3) is 0 Å². The monoisotopic (exact) mass is 314 g/mol. The number of rotatable bonds is 8. The average Bonchev–Trinajstić information content (AvgIpc) is 2.45. The molecule has 0 atom stereocenters. The lowest BCUT2D eigenvalue weighted by molar-refractivity contribution is -0.131. The second kappa shape index (κ2) is 7.68. The fourth-order valence-corrected chi connectivity index (χ4v) is 2.13. The molecule has 1 aromatic rings. The van der Waals surface area contributed by atoms with Crippen LogP contribution in [0.25, 0.3) is 6.08 Å². The molecule has 6 nitrogen and oxygen atoms in total. The highest BCUT2D eigenvalue weighted by molar-refractivity contribution is 7.91. The Balaban J connectivity index is 2.87. The third-order valence-corrected chi connectivity index (χ3v) is 4.38. The van der Waals surface area contributed by atoms with Crippen LogP contribution in [0.4, 0.5) is 0 Å². The van der Waals surface area contributed by atoms with Gasteiger partial charge in [0, 0.05) is 17.4 Å². The summed E-state index contributed by atoms with van der Waals surface area (Å²) in [6.45, 7) is 1.58. The zero-order valence-electron chi connectivity index (χ0n) is 11.9. The number of carbonyl (C=O) groups is 1. The third-order valence-electron chi connectivity index (χ3n) is 2.71. The molecule has 1 aromatic carbocycles. The number of carboxylic acids is 1. The predicted octanol–water partition coefficient (Wildman–Crippen LogP) is 1.61. The second-order valence-corrected chi connectivity index (χ2v) is 6.63. The minimum atomic E-state index is -3.10. The molecule has 0 bridgehead atoms. The van der Waals surface area contributed by atoms with Crippen LogP contribution in [0.2, 0.25) is 0 Å². The lowest BCUT2D eigenvalue weighted by Gasteiger charge is -2.10. The van der Waals surface area contributed by atoms with Crippen LogP contribution in [-0.2, 0) is 14.6 Å². The van der Waals surface area contributed by atoms with Crippen molar-refractivity contribution >= 4 is 21.9 Å². The first kappa shape index (κ1) is 17.0. The molecule has 0 saturated heterocycles. The Bertz CT molecular complexity index is 618. The molecule has 1 rings (SSSR count). The number of methoxy groups -OCH3 is 1. The van der Waals surface area contributed by atoms with Gasteiger partial charge in [-0.15, -0.1) is 0 Å². The van der Waals surface area contributed by atoms with Crippen LogP contribution >= 0.6 is 0 Å². The standard InChI is InChI=1S/C14H18O6S/c1-3-21(17,18)9-8-20-13-6-5-12(19-2)10-11(13)4-7-14(15)16/h4-7,10H,3,8-9H2,1-2H3,(H,15,16)/b7-4+. The van der Waals surface area contributed by atoms with Gasteiger partial charge >= 0.3 is 5.97 Å². The van der Waals surface area contributed by atoms with Gasteiger partial charge in [-0.3, -0.25) is 0 Å². The lowest BCUT2D eigenvalue weighted by atomic mass is 10.1. The zero-order valence-corrected chi connectivity index (χ0v) is 12.7. The van der Waals surface area contributed by atoms with Crippen molar-refractivity contribution in [1.29, 1.82) is 0 Å². The third kappa shape index (κ3) is 5.86. The van der Waals surface area contributed by atoms with Crippen LogP contribution in [-0.4, -0.2) is 44.7 Å². The molecule has 1 N–H and O–H groups in total. The smallest absolute Gasteiger partial charge is 0.328 e. The number of ether oxygens (including phenoxy) is 2. The second-order valence-electron chi connectivity index (χ2n) is 4.16. The van der Waals surface area contributed by atoms with Crippen molar-refractivity contribution in [3.8, 4) is 11.5 Å². The van der Waals surface area contributed by atoms with Gasteiger partial charge in [-0.1, -0.05) is 6.92 Å². The van der Waals surface area contributed by atoms with Gasteiger partial charge in [-0.2, -0.15) is 0 Å². The van der Waals surface area contributed by atoms with E-state index in [9.17, 15) is 13.2 Å². The molecular weight excluding hydrogens is 296 g/mol. The molecule has 0 aliphatic carbocycles. The highest BCUT2D eigenvalue weighted by Gasteiger charge is 2.09. The molecule has 0 unspecified atom stereocenters. The molecule has 0 radical (unpaired) electrons. The van der Waals surface area contributed by atoms with Gasteiger partial charge in [0.2, 0.25) is 0 Å². The fraction of sp³-hybridized carbons (Fsp3) is 0.357. The molecule has 0 aliphatic rings. The summed E-state index contributed by atoms with van der Waals surface area (Å²) < 4.78 is 33.3. The van der Waals surface area contributed by atoms with Crippen molar-refractivity contribution < 1.29 is 27.8 Å². The topological polar surface area (TPSA) is 89.9 Å². The van der Waals surface area contributed by atoms with Crippen molar-refractivity contribution in [2.24, 2.45) is 0 Å². The van der Waals surface area contributed by atoms with Crippen LogP contribution in [0.15, 0.2) is 24.3 Å². The summed E-state index contributed by atoms with van der Waals surface area (Å²) in [6, 6.07) is 4.88. The highest BCUT2D eigenvalue weighted by atomic mass is 32.2. The van der Waals surface area contributed by atoms with Crippen molar-refractivity contribution in [3.05, 3.63) is 29.8 Å². The van der Waals surface area contributed by atoms with Crippen molar-refractivity contribution in [2.75, 3.05) is 25.2 Å². The van der Waals surface area contributed by atoms with Crippen LogP contribution in [0.3, 0.4) is 0 Å². The quantitative estimate of drug-likeness (QED) is 0.733. The Kier molecular flexibility index (Phi) is 6.23. The number of benzene rings is 1. The summed E-state index contributed by atoms with van der Waals surface area (Å²) >= 11 is 0. The van der Waals surface area contributed by atoms with E-state index in [1.165, 1.54) is 13.2 Å². The van der Waals surface area contributed by atoms with Gasteiger partial charge in [-0.25, -0.2) is 13.2 Å². The Morgan fingerprint density at radius 3 is 2.67 bits per heavy atom. The minimum absolute atomic E-state index is 0.0103. The van der Waals surface area contributed by atoms with Crippen LogP contribution in [0.1, 0.15) is 12.5 Å². The van der Waals surface area contributed by atoms with E-state index in [4.69, 9.17) is 14.6 Å². The summed E-state index contributed by atoms with van der Waals surface area (Å²) in [5.74, 6) is -0.159. The molecular formula is C14H18O6S. The van der Waals surface area contributed by atoms with E-state index in [2.05, 4.69) is 0 Å². The predicted molar refractivity (Wildman–Crippen MR) is 79.5 cm³/mol. The van der Waals surface area contributed by atoms with E-state index < -0.39 is 15.8 Å². The van der Waals surface area contributed by atoms with Crippen molar-refractivity contribution in [3.63, 3.8) is 0 Å². The van der Waals surface area contributed by atoms with Gasteiger partial charge in [-0.05, 0) is 24.3 Å². The van der Waals surface area contributed by atoms with Gasteiger partial charge < -0.3 is 14.6 Å². The van der Waals surface area contributed by atoms with Gasteiger partial charge in [0.15, 0.2) is 9.84 Å². The number of sulfone groups is 1. The van der Waals surface area contributed by atoms with Crippen molar-refractivity contribution in [2.45, 2.75) is 6.92 Å². The maximum absolute atomic E-state index is 11.4. The summed E-state index contributed by atoms with van der Waals surface area (Å²) in [6.07, 6.45) is 2.35. The normalized spacial score (nSPS) is 11.5. The average molecular weight is 314 g/mol. The van der Waals surface area contributed by atoms with E-state index in [1.807, 2.05) is 0 Å². The Hall–Kier alpha value is -2.02. The maximum Gasteiger partial charge on any atom is 0.328 e. The molecule has 21 heavy (non-hydrogen) atoms. The summed E-state index contributed by atoms with van der Waals surface area (Å²) in [5.41, 5.74) is 0.505. The molecule has 7 heteroatoms. The fourth-order valence-electron chi connectivity index (χ4n) is 1.50. The van der Waals surface area contributed by atoms with Gasteiger partial charge in [0.05, 0.1) is 12.9 Å². The van der Waals surface area contributed by atoms with Crippen LogP contribution in [0.5, 0.6) is 11.5 Å². The Morgan fingerprint density at radius 2 is 2.10 bits per heavy atom.